The predicted molar refractivity (Wildman–Crippen MR) is 83.4 cm³/mol. The van der Waals surface area contributed by atoms with E-state index in [-0.39, 0.29) is 0 Å². The molecule has 2 aliphatic rings. The van der Waals surface area contributed by atoms with Crippen molar-refractivity contribution in [3.8, 4) is 0 Å². The zero-order valence-corrected chi connectivity index (χ0v) is 13.9. The molecule has 2 heteroatoms. The third-order valence-corrected chi connectivity index (χ3v) is 6.08. The van der Waals surface area contributed by atoms with Gasteiger partial charge in [-0.3, -0.25) is 0 Å². The number of hydrogen-bond donors (Lipinski definition) is 1. The molecule has 1 saturated carbocycles. The maximum Gasteiger partial charge on any atom is 0.0197 e. The van der Waals surface area contributed by atoms with Crippen molar-refractivity contribution in [3.63, 3.8) is 0 Å². The molecule has 2 rings (SSSR count). The number of rotatable bonds is 4. The van der Waals surface area contributed by atoms with Crippen LogP contribution in [0.3, 0.4) is 0 Å². The lowest BCUT2D eigenvalue weighted by molar-refractivity contribution is 0.232. The van der Waals surface area contributed by atoms with Crippen molar-refractivity contribution in [1.29, 1.82) is 0 Å². The smallest absolute Gasteiger partial charge is 0.0197 e. The van der Waals surface area contributed by atoms with Gasteiger partial charge < -0.3 is 10.2 Å². The van der Waals surface area contributed by atoms with Crippen LogP contribution in [0.1, 0.15) is 54.4 Å². The topological polar surface area (TPSA) is 15.3 Å². The van der Waals surface area contributed by atoms with Gasteiger partial charge in [0.05, 0.1) is 0 Å². The molecule has 1 heterocycles. The van der Waals surface area contributed by atoms with Crippen LogP contribution >= 0.6 is 0 Å². The summed E-state index contributed by atoms with van der Waals surface area (Å²) in [7, 11) is 0. The van der Waals surface area contributed by atoms with Gasteiger partial charge in [-0.25, -0.2) is 0 Å². The highest BCUT2D eigenvalue weighted by Crippen LogP contribution is 2.68. The summed E-state index contributed by atoms with van der Waals surface area (Å²) in [6.07, 6.45) is 2.62. The van der Waals surface area contributed by atoms with Crippen LogP contribution in [-0.2, 0) is 0 Å². The fraction of sp³-hybridized carbons (Fsp3) is 1.00. The highest BCUT2D eigenvalue weighted by atomic mass is 15.2. The zero-order chi connectivity index (χ0) is 14.3. The Balaban J connectivity index is 1.89. The normalized spacial score (nSPS) is 31.4. The molecule has 2 fully saturated rings. The minimum absolute atomic E-state index is 0.528. The van der Waals surface area contributed by atoms with Gasteiger partial charge in [-0.2, -0.15) is 0 Å². The van der Waals surface area contributed by atoms with Gasteiger partial charge in [0.25, 0.3) is 0 Å². The minimum atomic E-state index is 0.528. The standard InChI is InChI=1S/C17H34N2/c1-13(2)10-14-11-19(9-7-8-18-14)12-15-16(3,4)17(15,5)6/h13-15,18H,7-12H2,1-6H3. The van der Waals surface area contributed by atoms with Crippen LogP contribution in [0.2, 0.25) is 0 Å². The summed E-state index contributed by atoms with van der Waals surface area (Å²) in [5.74, 6) is 1.67. The molecule has 1 atom stereocenters. The van der Waals surface area contributed by atoms with Crippen LogP contribution in [0.5, 0.6) is 0 Å². The van der Waals surface area contributed by atoms with Crippen molar-refractivity contribution < 1.29 is 0 Å². The molecule has 0 aromatic heterocycles. The van der Waals surface area contributed by atoms with Crippen LogP contribution in [0.15, 0.2) is 0 Å². The second-order valence-electron chi connectivity index (χ2n) is 8.39. The van der Waals surface area contributed by atoms with Gasteiger partial charge in [0.2, 0.25) is 0 Å². The Bertz CT molecular complexity index is 292. The highest BCUT2D eigenvalue weighted by molar-refractivity contribution is 5.13. The SMILES string of the molecule is CC(C)CC1CN(CC2C(C)(C)C2(C)C)CCCN1. The first-order valence-corrected chi connectivity index (χ1v) is 8.21. The molecular formula is C17H34N2. The fourth-order valence-corrected chi connectivity index (χ4v) is 4.02. The Morgan fingerprint density at radius 3 is 2.32 bits per heavy atom. The van der Waals surface area contributed by atoms with Gasteiger partial charge in [-0.05, 0) is 48.6 Å². The van der Waals surface area contributed by atoms with Crippen molar-refractivity contribution in [2.45, 2.75) is 60.4 Å². The molecule has 1 saturated heterocycles. The van der Waals surface area contributed by atoms with Crippen molar-refractivity contribution in [3.05, 3.63) is 0 Å². The van der Waals surface area contributed by atoms with Crippen molar-refractivity contribution in [2.24, 2.45) is 22.7 Å². The van der Waals surface area contributed by atoms with Crippen LogP contribution in [-0.4, -0.2) is 37.1 Å². The summed E-state index contributed by atoms with van der Waals surface area (Å²) in [5, 5.41) is 3.74. The lowest BCUT2D eigenvalue weighted by atomic mass is 10.0. The first-order chi connectivity index (χ1) is 8.75. The summed E-state index contributed by atoms with van der Waals surface area (Å²) in [5.41, 5.74) is 1.06. The monoisotopic (exact) mass is 266 g/mol. The van der Waals surface area contributed by atoms with Crippen molar-refractivity contribution in [2.75, 3.05) is 26.2 Å². The molecule has 0 amide bonds. The predicted octanol–water partition coefficient (Wildman–Crippen LogP) is 3.38. The van der Waals surface area contributed by atoms with E-state index in [0.717, 1.165) is 11.8 Å². The average molecular weight is 266 g/mol. The first-order valence-electron chi connectivity index (χ1n) is 8.21. The molecule has 0 radical (unpaired) electrons. The van der Waals surface area contributed by atoms with Crippen LogP contribution in [0.25, 0.3) is 0 Å². The molecule has 1 unspecified atom stereocenters. The number of hydrogen-bond acceptors (Lipinski definition) is 2. The van der Waals surface area contributed by atoms with E-state index in [9.17, 15) is 0 Å². The summed E-state index contributed by atoms with van der Waals surface area (Å²) < 4.78 is 0. The number of nitrogens with zero attached hydrogens (tertiary/aromatic N) is 1. The third kappa shape index (κ3) is 3.16. The first kappa shape index (κ1) is 15.3. The second kappa shape index (κ2) is 5.37. The molecule has 0 aromatic rings. The Morgan fingerprint density at radius 2 is 1.79 bits per heavy atom. The second-order valence-corrected chi connectivity index (χ2v) is 8.39. The van der Waals surface area contributed by atoms with Gasteiger partial charge in [0.15, 0.2) is 0 Å². The van der Waals surface area contributed by atoms with Crippen LogP contribution < -0.4 is 5.32 Å². The van der Waals surface area contributed by atoms with E-state index >= 15 is 0 Å². The van der Waals surface area contributed by atoms with E-state index in [1.165, 1.54) is 39.0 Å². The van der Waals surface area contributed by atoms with Gasteiger partial charge in [0.1, 0.15) is 0 Å². The molecule has 2 nitrogen and oxygen atoms in total. The van der Waals surface area contributed by atoms with E-state index in [4.69, 9.17) is 0 Å². The quantitative estimate of drug-likeness (QED) is 0.839. The molecule has 0 aromatic carbocycles. The lowest BCUT2D eigenvalue weighted by Crippen LogP contribution is -2.39. The zero-order valence-electron chi connectivity index (χ0n) is 13.9. The maximum atomic E-state index is 3.74. The summed E-state index contributed by atoms with van der Waals surface area (Å²) in [6, 6.07) is 0.701. The van der Waals surface area contributed by atoms with Gasteiger partial charge in [-0.1, -0.05) is 41.5 Å². The summed E-state index contributed by atoms with van der Waals surface area (Å²) >= 11 is 0. The Labute approximate surface area is 120 Å². The van der Waals surface area contributed by atoms with Gasteiger partial charge >= 0.3 is 0 Å². The molecule has 0 bridgehead atoms. The molecule has 19 heavy (non-hydrogen) atoms. The number of nitrogens with one attached hydrogen (secondary N) is 1. The molecular weight excluding hydrogens is 232 g/mol. The van der Waals surface area contributed by atoms with E-state index in [0.29, 0.717) is 16.9 Å². The van der Waals surface area contributed by atoms with E-state index in [1.54, 1.807) is 0 Å². The average Bonchev–Trinajstić information content (AvgIpc) is 2.77. The van der Waals surface area contributed by atoms with Crippen molar-refractivity contribution >= 4 is 0 Å². The van der Waals surface area contributed by atoms with Gasteiger partial charge in [-0.15, -0.1) is 0 Å². The Kier molecular flexibility index (Phi) is 4.32. The third-order valence-electron chi connectivity index (χ3n) is 6.08. The summed E-state index contributed by atoms with van der Waals surface area (Å²) in [6.45, 7) is 19.5. The van der Waals surface area contributed by atoms with Crippen LogP contribution in [0.4, 0.5) is 0 Å². The Morgan fingerprint density at radius 1 is 1.16 bits per heavy atom. The molecule has 112 valence electrons. The van der Waals surface area contributed by atoms with Crippen LogP contribution in [0, 0.1) is 22.7 Å². The fourth-order valence-electron chi connectivity index (χ4n) is 4.02. The largest absolute Gasteiger partial charge is 0.313 e. The van der Waals surface area contributed by atoms with Crippen molar-refractivity contribution in [1.82, 2.24) is 10.2 Å². The molecule has 1 aliphatic heterocycles. The summed E-state index contributed by atoms with van der Waals surface area (Å²) in [4.78, 5) is 2.73. The molecule has 1 N–H and O–H groups in total. The maximum absolute atomic E-state index is 3.74. The molecule has 0 spiro atoms. The minimum Gasteiger partial charge on any atom is -0.313 e. The highest BCUT2D eigenvalue weighted by Gasteiger charge is 2.64. The van der Waals surface area contributed by atoms with E-state index < -0.39 is 0 Å². The van der Waals surface area contributed by atoms with E-state index in [2.05, 4.69) is 51.8 Å². The lowest BCUT2D eigenvalue weighted by Gasteiger charge is -2.26. The van der Waals surface area contributed by atoms with Gasteiger partial charge in [0, 0.05) is 19.1 Å². The Hall–Kier alpha value is -0.0800. The van der Waals surface area contributed by atoms with E-state index in [1.807, 2.05) is 0 Å². The molecule has 1 aliphatic carbocycles.